The molecule has 0 aliphatic rings. The summed E-state index contributed by atoms with van der Waals surface area (Å²) in [5, 5.41) is 13.6. The lowest BCUT2D eigenvalue weighted by Gasteiger charge is -2.04. The molecule has 2 aromatic heterocycles. The molecule has 0 aliphatic carbocycles. The number of amides is 1. The molecule has 0 saturated heterocycles. The smallest absolute Gasteiger partial charge is 0.272 e. The van der Waals surface area contributed by atoms with Crippen molar-refractivity contribution in [3.05, 3.63) is 75.9 Å². The number of nitro benzene ring substituents is 1. The van der Waals surface area contributed by atoms with Gasteiger partial charge in [0.05, 0.1) is 10.4 Å². The number of nitro groups is 1. The fraction of sp³-hybridized carbons (Fsp3) is 0.300. The van der Waals surface area contributed by atoms with Crippen molar-refractivity contribution >= 4 is 17.1 Å². The van der Waals surface area contributed by atoms with E-state index in [9.17, 15) is 14.9 Å². The highest BCUT2D eigenvalue weighted by atomic mass is 16.6. The van der Waals surface area contributed by atoms with Crippen LogP contribution in [-0.2, 0) is 12.8 Å². The number of pyridine rings is 1. The van der Waals surface area contributed by atoms with Gasteiger partial charge in [-0.05, 0) is 30.0 Å². The summed E-state index contributed by atoms with van der Waals surface area (Å²) in [6.45, 7) is 4.67. The first-order valence-corrected chi connectivity index (χ1v) is 8.93. The molecule has 7 heteroatoms. The van der Waals surface area contributed by atoms with Crippen LogP contribution in [0, 0.1) is 16.0 Å². The van der Waals surface area contributed by atoms with Gasteiger partial charge < -0.3 is 9.72 Å². The van der Waals surface area contributed by atoms with Crippen LogP contribution in [0.5, 0.6) is 0 Å². The minimum absolute atomic E-state index is 0.0601. The number of aromatic nitrogens is 2. The van der Waals surface area contributed by atoms with Crippen LogP contribution in [0.2, 0.25) is 0 Å². The Balaban J connectivity index is 1.68. The van der Waals surface area contributed by atoms with Crippen LogP contribution in [0.1, 0.15) is 35.7 Å². The van der Waals surface area contributed by atoms with Crippen LogP contribution < -0.4 is 5.32 Å². The van der Waals surface area contributed by atoms with Crippen LogP contribution in [0.25, 0.3) is 5.52 Å². The third kappa shape index (κ3) is 4.31. The Kier molecular flexibility index (Phi) is 5.49. The molecule has 3 aromatic rings. The fourth-order valence-electron chi connectivity index (χ4n) is 2.97. The van der Waals surface area contributed by atoms with Crippen molar-refractivity contribution in [2.75, 3.05) is 6.54 Å². The molecule has 2 heterocycles. The third-order valence-electron chi connectivity index (χ3n) is 4.27. The third-order valence-corrected chi connectivity index (χ3v) is 4.27. The van der Waals surface area contributed by atoms with Crippen molar-refractivity contribution in [2.45, 2.75) is 26.7 Å². The number of carbonyl (C=O) groups excluding carboxylic acids is 1. The molecule has 3 rings (SSSR count). The minimum atomic E-state index is -0.426. The van der Waals surface area contributed by atoms with Crippen molar-refractivity contribution in [1.29, 1.82) is 0 Å². The van der Waals surface area contributed by atoms with E-state index in [4.69, 9.17) is 0 Å². The van der Waals surface area contributed by atoms with Crippen LogP contribution in [0.3, 0.4) is 0 Å². The van der Waals surface area contributed by atoms with E-state index in [1.54, 1.807) is 12.1 Å². The van der Waals surface area contributed by atoms with Gasteiger partial charge in [0.2, 0.25) is 0 Å². The van der Waals surface area contributed by atoms with Gasteiger partial charge in [0.15, 0.2) is 5.69 Å². The second kappa shape index (κ2) is 7.99. The van der Waals surface area contributed by atoms with Crippen molar-refractivity contribution in [3.8, 4) is 0 Å². The van der Waals surface area contributed by atoms with E-state index in [0.717, 1.165) is 23.3 Å². The highest BCUT2D eigenvalue weighted by Crippen LogP contribution is 2.16. The topological polar surface area (TPSA) is 89.5 Å². The lowest BCUT2D eigenvalue weighted by atomic mass is 10.1. The monoisotopic (exact) mass is 366 g/mol. The summed E-state index contributed by atoms with van der Waals surface area (Å²) in [7, 11) is 0. The Morgan fingerprint density at radius 3 is 2.63 bits per heavy atom. The predicted octanol–water partition coefficient (Wildman–Crippen LogP) is 3.41. The van der Waals surface area contributed by atoms with Crippen molar-refractivity contribution < 1.29 is 9.72 Å². The summed E-state index contributed by atoms with van der Waals surface area (Å²) in [6, 6.07) is 12.1. The van der Waals surface area contributed by atoms with Gasteiger partial charge in [-0.2, -0.15) is 0 Å². The van der Waals surface area contributed by atoms with Gasteiger partial charge >= 0.3 is 0 Å². The summed E-state index contributed by atoms with van der Waals surface area (Å²) in [4.78, 5) is 27.4. The van der Waals surface area contributed by atoms with E-state index in [0.29, 0.717) is 24.6 Å². The first-order chi connectivity index (χ1) is 13.0. The first-order valence-electron chi connectivity index (χ1n) is 8.93. The maximum atomic E-state index is 12.6. The molecule has 27 heavy (non-hydrogen) atoms. The Morgan fingerprint density at radius 1 is 1.22 bits per heavy atom. The van der Waals surface area contributed by atoms with E-state index in [1.807, 2.05) is 28.8 Å². The largest absolute Gasteiger partial charge is 0.350 e. The number of nitrogens with one attached hydrogen (secondary N) is 1. The van der Waals surface area contributed by atoms with Gasteiger partial charge in [-0.15, -0.1) is 0 Å². The molecular weight excluding hydrogens is 344 g/mol. The number of benzene rings is 1. The second-order valence-corrected chi connectivity index (χ2v) is 6.86. The maximum absolute atomic E-state index is 12.6. The molecule has 140 valence electrons. The number of nitrogens with zero attached hydrogens (tertiary/aromatic N) is 3. The van der Waals surface area contributed by atoms with Gasteiger partial charge in [0, 0.05) is 31.3 Å². The number of fused-ring (bicyclic) bond motifs is 1. The number of carbonyl (C=O) groups is 1. The van der Waals surface area contributed by atoms with Gasteiger partial charge in [-0.3, -0.25) is 14.9 Å². The zero-order valence-corrected chi connectivity index (χ0v) is 15.4. The number of imidazole rings is 1. The Hall–Kier alpha value is -3.22. The molecule has 0 aliphatic heterocycles. The molecule has 0 radical (unpaired) electrons. The Morgan fingerprint density at radius 2 is 1.96 bits per heavy atom. The van der Waals surface area contributed by atoms with E-state index in [1.165, 1.54) is 12.1 Å². The number of hydrogen-bond donors (Lipinski definition) is 1. The van der Waals surface area contributed by atoms with Gasteiger partial charge in [0.1, 0.15) is 5.82 Å². The summed E-state index contributed by atoms with van der Waals surface area (Å²) < 4.78 is 1.96. The molecule has 0 unspecified atom stereocenters. The van der Waals surface area contributed by atoms with Crippen molar-refractivity contribution in [1.82, 2.24) is 14.7 Å². The average Bonchev–Trinajstić information content (AvgIpc) is 3.00. The predicted molar refractivity (Wildman–Crippen MR) is 103 cm³/mol. The molecule has 0 saturated carbocycles. The number of hydrogen-bond acceptors (Lipinski definition) is 4. The van der Waals surface area contributed by atoms with E-state index in [2.05, 4.69) is 24.1 Å². The van der Waals surface area contributed by atoms with E-state index in [-0.39, 0.29) is 11.6 Å². The molecule has 0 atom stereocenters. The van der Waals surface area contributed by atoms with Crippen LogP contribution in [0.4, 0.5) is 5.69 Å². The summed E-state index contributed by atoms with van der Waals surface area (Å²) in [6.07, 6.45) is 3.31. The number of rotatable bonds is 7. The zero-order chi connectivity index (χ0) is 19.4. The first kappa shape index (κ1) is 18.6. The molecule has 7 nitrogen and oxygen atoms in total. The average molecular weight is 366 g/mol. The normalized spacial score (nSPS) is 11.1. The van der Waals surface area contributed by atoms with Crippen molar-refractivity contribution in [2.24, 2.45) is 5.92 Å². The standard InChI is InChI=1S/C20H22N4O3/c1-14(2)13-18-22-19(17-5-3-4-12-23(17)18)20(25)21-11-10-15-6-8-16(9-7-15)24(26)27/h3-9,12,14H,10-11,13H2,1-2H3,(H,21,25). The molecule has 1 N–H and O–H groups in total. The minimum Gasteiger partial charge on any atom is -0.350 e. The lowest BCUT2D eigenvalue weighted by Crippen LogP contribution is -2.26. The van der Waals surface area contributed by atoms with Gasteiger partial charge in [-0.25, -0.2) is 4.98 Å². The SMILES string of the molecule is CC(C)Cc1nc(C(=O)NCCc2ccc([N+](=O)[O-])cc2)c2ccccn12. The Labute approximate surface area is 157 Å². The quantitative estimate of drug-likeness (QED) is 0.512. The van der Waals surface area contributed by atoms with E-state index >= 15 is 0 Å². The highest BCUT2D eigenvalue weighted by molar-refractivity contribution is 5.99. The van der Waals surface area contributed by atoms with Gasteiger partial charge in [-0.1, -0.05) is 32.0 Å². The molecule has 1 aromatic carbocycles. The van der Waals surface area contributed by atoms with Gasteiger partial charge in [0.25, 0.3) is 11.6 Å². The van der Waals surface area contributed by atoms with E-state index < -0.39 is 4.92 Å². The Bertz CT molecular complexity index is 961. The van der Waals surface area contributed by atoms with Crippen LogP contribution >= 0.6 is 0 Å². The maximum Gasteiger partial charge on any atom is 0.272 e. The van der Waals surface area contributed by atoms with Crippen LogP contribution in [0.15, 0.2) is 48.7 Å². The molecule has 0 spiro atoms. The summed E-state index contributed by atoms with van der Waals surface area (Å²) in [5.41, 5.74) is 2.21. The molecule has 0 fully saturated rings. The highest BCUT2D eigenvalue weighted by Gasteiger charge is 2.17. The summed E-state index contributed by atoms with van der Waals surface area (Å²) >= 11 is 0. The fourth-order valence-corrected chi connectivity index (χ4v) is 2.97. The zero-order valence-electron chi connectivity index (χ0n) is 15.4. The number of non-ortho nitro benzene ring substituents is 1. The molecule has 0 bridgehead atoms. The molecular formula is C20H22N4O3. The second-order valence-electron chi connectivity index (χ2n) is 6.86. The van der Waals surface area contributed by atoms with Crippen molar-refractivity contribution in [3.63, 3.8) is 0 Å². The molecule has 1 amide bonds. The van der Waals surface area contributed by atoms with Crippen LogP contribution in [-0.4, -0.2) is 26.8 Å². The lowest BCUT2D eigenvalue weighted by molar-refractivity contribution is -0.384. The summed E-state index contributed by atoms with van der Waals surface area (Å²) in [5.74, 6) is 1.10.